The minimum absolute atomic E-state index is 0.0748. The summed E-state index contributed by atoms with van der Waals surface area (Å²) in [5, 5.41) is 3.89. The third kappa shape index (κ3) is 4.33. The SMILES string of the molecule is CC(C)c1cc(=O)n2c(n1)SC[C@@H]2CC(=O)NC(c1ccccc1)c1ccccc1. The molecule has 2 heterocycles. The molecule has 1 N–H and O–H groups in total. The van der Waals surface area contributed by atoms with Crippen molar-refractivity contribution in [2.45, 2.75) is 43.4 Å². The number of nitrogens with one attached hydrogen (secondary N) is 1. The topological polar surface area (TPSA) is 64.0 Å². The fraction of sp³-hybridized carbons (Fsp3) is 0.292. The predicted octanol–water partition coefficient (Wildman–Crippen LogP) is 4.31. The molecule has 1 amide bonds. The molecule has 4 rings (SSSR count). The molecule has 0 saturated heterocycles. The number of amides is 1. The van der Waals surface area contributed by atoms with E-state index in [2.05, 4.69) is 10.3 Å². The summed E-state index contributed by atoms with van der Waals surface area (Å²) < 4.78 is 1.68. The van der Waals surface area contributed by atoms with Crippen LogP contribution in [0.4, 0.5) is 0 Å². The number of nitrogens with zero attached hydrogens (tertiary/aromatic N) is 2. The van der Waals surface area contributed by atoms with Gasteiger partial charge >= 0.3 is 0 Å². The van der Waals surface area contributed by atoms with Gasteiger partial charge in [-0.3, -0.25) is 14.2 Å². The highest BCUT2D eigenvalue weighted by molar-refractivity contribution is 7.99. The van der Waals surface area contributed by atoms with E-state index in [1.807, 2.05) is 74.5 Å². The summed E-state index contributed by atoms with van der Waals surface area (Å²) >= 11 is 1.55. The van der Waals surface area contributed by atoms with Gasteiger partial charge in [0, 0.05) is 18.2 Å². The zero-order valence-corrected chi connectivity index (χ0v) is 17.9. The Morgan fingerprint density at radius 2 is 1.70 bits per heavy atom. The lowest BCUT2D eigenvalue weighted by Crippen LogP contribution is -2.33. The first kappa shape index (κ1) is 20.4. The van der Waals surface area contributed by atoms with Crippen molar-refractivity contribution in [3.63, 3.8) is 0 Å². The lowest BCUT2D eigenvalue weighted by atomic mass is 9.98. The normalized spacial score (nSPS) is 15.4. The highest BCUT2D eigenvalue weighted by atomic mass is 32.2. The Balaban J connectivity index is 1.54. The number of carbonyl (C=O) groups is 1. The molecule has 0 spiro atoms. The molecule has 0 unspecified atom stereocenters. The highest BCUT2D eigenvalue weighted by Crippen LogP contribution is 2.33. The standard InChI is InChI=1S/C24H25N3O2S/c1-16(2)20-14-22(29)27-19(15-30-24(27)25-20)13-21(28)26-23(17-9-5-3-6-10-17)18-11-7-4-8-12-18/h3-12,14,16,19,23H,13,15H2,1-2H3,(H,26,28)/t19-/m0/s1. The zero-order chi connectivity index (χ0) is 21.1. The van der Waals surface area contributed by atoms with E-state index in [-0.39, 0.29) is 35.9 Å². The van der Waals surface area contributed by atoms with Gasteiger partial charge in [-0.2, -0.15) is 0 Å². The van der Waals surface area contributed by atoms with Crippen molar-refractivity contribution in [1.82, 2.24) is 14.9 Å². The third-order valence-corrected chi connectivity index (χ3v) is 6.39. The monoisotopic (exact) mass is 419 g/mol. The number of aromatic nitrogens is 2. The average molecular weight is 420 g/mol. The van der Waals surface area contributed by atoms with Crippen LogP contribution in [0.3, 0.4) is 0 Å². The van der Waals surface area contributed by atoms with Crippen LogP contribution in [0.15, 0.2) is 76.7 Å². The molecule has 30 heavy (non-hydrogen) atoms. The van der Waals surface area contributed by atoms with E-state index in [1.54, 1.807) is 22.4 Å². The molecule has 3 aromatic rings. The fourth-order valence-electron chi connectivity index (χ4n) is 3.70. The molecule has 1 aromatic heterocycles. The molecule has 5 nitrogen and oxygen atoms in total. The number of thioether (sulfide) groups is 1. The average Bonchev–Trinajstić information content (AvgIpc) is 3.16. The second-order valence-electron chi connectivity index (χ2n) is 7.82. The molecule has 0 saturated carbocycles. The van der Waals surface area contributed by atoms with Crippen LogP contribution in [-0.2, 0) is 4.79 Å². The van der Waals surface area contributed by atoms with Crippen LogP contribution in [-0.4, -0.2) is 21.2 Å². The van der Waals surface area contributed by atoms with E-state index in [4.69, 9.17) is 0 Å². The van der Waals surface area contributed by atoms with Gasteiger partial charge in [0.25, 0.3) is 5.56 Å². The molecule has 2 aromatic carbocycles. The van der Waals surface area contributed by atoms with Gasteiger partial charge in [0.15, 0.2) is 5.16 Å². The van der Waals surface area contributed by atoms with Crippen molar-refractivity contribution in [1.29, 1.82) is 0 Å². The van der Waals surface area contributed by atoms with Crippen LogP contribution < -0.4 is 10.9 Å². The van der Waals surface area contributed by atoms with Gasteiger partial charge in [-0.25, -0.2) is 4.98 Å². The lowest BCUT2D eigenvalue weighted by molar-refractivity contribution is -0.122. The smallest absolute Gasteiger partial charge is 0.254 e. The fourth-order valence-corrected chi connectivity index (χ4v) is 4.86. The quantitative estimate of drug-likeness (QED) is 0.605. The summed E-state index contributed by atoms with van der Waals surface area (Å²) in [4.78, 5) is 30.3. The van der Waals surface area contributed by atoms with Crippen molar-refractivity contribution in [3.8, 4) is 0 Å². The first-order valence-corrected chi connectivity index (χ1v) is 11.2. The van der Waals surface area contributed by atoms with E-state index >= 15 is 0 Å². The van der Waals surface area contributed by atoms with Crippen molar-refractivity contribution in [2.75, 3.05) is 5.75 Å². The summed E-state index contributed by atoms with van der Waals surface area (Å²) in [7, 11) is 0. The van der Waals surface area contributed by atoms with Gasteiger partial charge in [0.2, 0.25) is 5.91 Å². The Morgan fingerprint density at radius 3 is 2.27 bits per heavy atom. The molecule has 1 aliphatic rings. The van der Waals surface area contributed by atoms with Crippen LogP contribution in [0.5, 0.6) is 0 Å². The molecule has 1 atom stereocenters. The van der Waals surface area contributed by atoms with Crippen LogP contribution in [0.25, 0.3) is 0 Å². The van der Waals surface area contributed by atoms with Crippen molar-refractivity contribution in [3.05, 3.63) is 93.9 Å². The minimum Gasteiger partial charge on any atom is -0.345 e. The van der Waals surface area contributed by atoms with Gasteiger partial charge in [-0.15, -0.1) is 0 Å². The van der Waals surface area contributed by atoms with Gasteiger partial charge < -0.3 is 5.32 Å². The maximum atomic E-state index is 13.0. The van der Waals surface area contributed by atoms with Crippen LogP contribution in [0.2, 0.25) is 0 Å². The van der Waals surface area contributed by atoms with E-state index in [9.17, 15) is 9.59 Å². The Labute approximate surface area is 180 Å². The molecular weight excluding hydrogens is 394 g/mol. The number of hydrogen-bond donors (Lipinski definition) is 1. The maximum Gasteiger partial charge on any atom is 0.254 e. The summed E-state index contributed by atoms with van der Waals surface area (Å²) in [5.41, 5.74) is 2.78. The van der Waals surface area contributed by atoms with Gasteiger partial charge in [0.1, 0.15) is 0 Å². The van der Waals surface area contributed by atoms with E-state index in [0.717, 1.165) is 16.8 Å². The third-order valence-electron chi connectivity index (χ3n) is 5.29. The molecular formula is C24H25N3O2S. The molecule has 0 fully saturated rings. The number of rotatable bonds is 6. The summed E-state index contributed by atoms with van der Waals surface area (Å²) in [6.45, 7) is 4.05. The van der Waals surface area contributed by atoms with Crippen molar-refractivity contribution >= 4 is 17.7 Å². The van der Waals surface area contributed by atoms with Gasteiger partial charge in [-0.05, 0) is 17.0 Å². The largest absolute Gasteiger partial charge is 0.345 e. The van der Waals surface area contributed by atoms with Gasteiger partial charge in [0.05, 0.1) is 17.8 Å². The second kappa shape index (κ2) is 8.88. The first-order chi connectivity index (χ1) is 14.5. The molecule has 154 valence electrons. The minimum atomic E-state index is -0.230. The number of fused-ring (bicyclic) bond motifs is 1. The number of carbonyl (C=O) groups excluding carboxylic acids is 1. The van der Waals surface area contributed by atoms with Crippen LogP contribution in [0.1, 0.15) is 55.1 Å². The summed E-state index contributed by atoms with van der Waals surface area (Å²) in [5.74, 6) is 0.800. The predicted molar refractivity (Wildman–Crippen MR) is 120 cm³/mol. The zero-order valence-electron chi connectivity index (χ0n) is 17.1. The molecule has 0 bridgehead atoms. The molecule has 0 radical (unpaired) electrons. The maximum absolute atomic E-state index is 13.0. The number of benzene rings is 2. The second-order valence-corrected chi connectivity index (χ2v) is 8.80. The van der Waals surface area contributed by atoms with Crippen molar-refractivity contribution < 1.29 is 4.79 Å². The Hall–Kier alpha value is -2.86. The molecule has 0 aliphatic carbocycles. The van der Waals surface area contributed by atoms with E-state index in [0.29, 0.717) is 10.9 Å². The van der Waals surface area contributed by atoms with Crippen LogP contribution in [0, 0.1) is 0 Å². The summed E-state index contributed by atoms with van der Waals surface area (Å²) in [6, 6.07) is 21.1. The van der Waals surface area contributed by atoms with Crippen LogP contribution >= 0.6 is 11.8 Å². The Bertz CT molecular complexity index is 1040. The highest BCUT2D eigenvalue weighted by Gasteiger charge is 2.29. The van der Waals surface area contributed by atoms with Crippen molar-refractivity contribution in [2.24, 2.45) is 0 Å². The van der Waals surface area contributed by atoms with Gasteiger partial charge in [-0.1, -0.05) is 86.3 Å². The first-order valence-electron chi connectivity index (χ1n) is 10.2. The van der Waals surface area contributed by atoms with E-state index < -0.39 is 0 Å². The molecule has 1 aliphatic heterocycles. The lowest BCUT2D eigenvalue weighted by Gasteiger charge is -2.21. The number of hydrogen-bond acceptors (Lipinski definition) is 4. The van der Waals surface area contributed by atoms with E-state index in [1.165, 1.54) is 0 Å². The summed E-state index contributed by atoms with van der Waals surface area (Å²) in [6.07, 6.45) is 0.249. The Morgan fingerprint density at radius 1 is 1.10 bits per heavy atom. The Kier molecular flexibility index (Phi) is 6.04. The molecule has 6 heteroatoms.